The summed E-state index contributed by atoms with van der Waals surface area (Å²) >= 11 is 0. The van der Waals surface area contributed by atoms with E-state index in [4.69, 9.17) is 4.74 Å². The number of aromatic nitrogens is 3. The molecule has 6 heteroatoms. The summed E-state index contributed by atoms with van der Waals surface area (Å²) in [4.78, 5) is 16.1. The number of benzene rings is 1. The van der Waals surface area contributed by atoms with Gasteiger partial charge in [-0.3, -0.25) is 5.10 Å². The third-order valence-corrected chi connectivity index (χ3v) is 4.54. The first-order valence-corrected chi connectivity index (χ1v) is 7.40. The Bertz CT molecular complexity index is 625. The van der Waals surface area contributed by atoms with Gasteiger partial charge in [0.05, 0.1) is 0 Å². The van der Waals surface area contributed by atoms with E-state index in [-0.39, 0.29) is 30.1 Å². The first-order valence-electron chi connectivity index (χ1n) is 7.40. The molecule has 1 fully saturated rings. The van der Waals surface area contributed by atoms with Gasteiger partial charge in [-0.05, 0) is 17.4 Å². The molecular weight excluding hydrogens is 280 g/mol. The Morgan fingerprint density at radius 1 is 1.41 bits per heavy atom. The second kappa shape index (κ2) is 5.79. The molecule has 1 amide bonds. The van der Waals surface area contributed by atoms with Crippen molar-refractivity contribution in [3.63, 3.8) is 0 Å². The standard InChI is InChI=1S/C16H20N4O2/c1-16(2)12(14-17-10-18-20-14)8-13(16)19-15(21)22-9-11-6-4-3-5-7-11/h3-7,10,12-13H,8-9H2,1-2H3,(H,19,21)(H,17,18,20)/t12-,13-/m1/s1. The highest BCUT2D eigenvalue weighted by atomic mass is 16.5. The van der Waals surface area contributed by atoms with Crippen molar-refractivity contribution in [1.82, 2.24) is 20.5 Å². The van der Waals surface area contributed by atoms with Crippen molar-refractivity contribution in [3.05, 3.63) is 48.0 Å². The Morgan fingerprint density at radius 2 is 2.18 bits per heavy atom. The first-order chi connectivity index (χ1) is 10.6. The summed E-state index contributed by atoms with van der Waals surface area (Å²) in [6.07, 6.45) is 1.97. The SMILES string of the molecule is CC1(C)[C@@H](c2ncn[nH]2)C[C@H]1NC(=O)OCc1ccccc1. The van der Waals surface area contributed by atoms with Crippen LogP contribution in [0.15, 0.2) is 36.7 Å². The molecule has 1 aliphatic carbocycles. The first kappa shape index (κ1) is 14.6. The molecule has 2 aromatic rings. The largest absolute Gasteiger partial charge is 0.445 e. The van der Waals surface area contributed by atoms with E-state index in [1.54, 1.807) is 0 Å². The highest BCUT2D eigenvalue weighted by Gasteiger charge is 2.51. The maximum absolute atomic E-state index is 11.9. The zero-order valence-electron chi connectivity index (χ0n) is 12.7. The number of aromatic amines is 1. The van der Waals surface area contributed by atoms with Crippen LogP contribution in [0.5, 0.6) is 0 Å². The van der Waals surface area contributed by atoms with Gasteiger partial charge in [0.2, 0.25) is 0 Å². The molecule has 1 saturated carbocycles. The molecule has 0 radical (unpaired) electrons. The molecule has 1 aliphatic rings. The number of carbonyl (C=O) groups is 1. The normalized spacial score (nSPS) is 22.6. The summed E-state index contributed by atoms with van der Waals surface area (Å²) in [5.41, 5.74) is 0.899. The summed E-state index contributed by atoms with van der Waals surface area (Å²) in [7, 11) is 0. The highest BCUT2D eigenvalue weighted by molar-refractivity contribution is 5.68. The third kappa shape index (κ3) is 2.81. The van der Waals surface area contributed by atoms with Gasteiger partial charge in [-0.1, -0.05) is 44.2 Å². The Hall–Kier alpha value is -2.37. The minimum absolute atomic E-state index is 0.0749. The number of amides is 1. The maximum atomic E-state index is 11.9. The summed E-state index contributed by atoms with van der Waals surface area (Å²) in [6.45, 7) is 4.52. The zero-order valence-corrected chi connectivity index (χ0v) is 12.7. The fraction of sp³-hybridized carbons (Fsp3) is 0.438. The average molecular weight is 300 g/mol. The Labute approximate surface area is 129 Å². The van der Waals surface area contributed by atoms with Gasteiger partial charge >= 0.3 is 6.09 Å². The molecule has 3 rings (SSSR count). The Kier molecular flexibility index (Phi) is 3.83. The molecular formula is C16H20N4O2. The quantitative estimate of drug-likeness (QED) is 0.909. The van der Waals surface area contributed by atoms with E-state index in [9.17, 15) is 4.79 Å². The van der Waals surface area contributed by atoms with Gasteiger partial charge in [0, 0.05) is 12.0 Å². The Morgan fingerprint density at radius 3 is 2.82 bits per heavy atom. The number of hydrogen-bond acceptors (Lipinski definition) is 4. The molecule has 22 heavy (non-hydrogen) atoms. The molecule has 2 atom stereocenters. The molecule has 1 aromatic carbocycles. The van der Waals surface area contributed by atoms with Crippen LogP contribution < -0.4 is 5.32 Å². The second-order valence-electron chi connectivity index (χ2n) is 6.24. The number of ether oxygens (including phenoxy) is 1. The lowest BCUT2D eigenvalue weighted by Gasteiger charge is -2.50. The van der Waals surface area contributed by atoms with Crippen molar-refractivity contribution in [2.24, 2.45) is 5.41 Å². The van der Waals surface area contributed by atoms with Crippen molar-refractivity contribution >= 4 is 6.09 Å². The summed E-state index contributed by atoms with van der Waals surface area (Å²) < 4.78 is 5.27. The monoisotopic (exact) mass is 300 g/mol. The van der Waals surface area contributed by atoms with Gasteiger partial charge in [0.25, 0.3) is 0 Å². The summed E-state index contributed by atoms with van der Waals surface area (Å²) in [5, 5.41) is 9.75. The lowest BCUT2D eigenvalue weighted by molar-refractivity contribution is 0.0533. The van der Waals surface area contributed by atoms with E-state index >= 15 is 0 Å². The van der Waals surface area contributed by atoms with Crippen LogP contribution in [0.4, 0.5) is 4.79 Å². The highest BCUT2D eigenvalue weighted by Crippen LogP contribution is 2.51. The van der Waals surface area contributed by atoms with Gasteiger partial charge in [-0.25, -0.2) is 9.78 Å². The van der Waals surface area contributed by atoms with Crippen molar-refractivity contribution in [1.29, 1.82) is 0 Å². The lowest BCUT2D eigenvalue weighted by atomic mass is 9.58. The minimum Gasteiger partial charge on any atom is -0.445 e. The Balaban J connectivity index is 1.51. The maximum Gasteiger partial charge on any atom is 0.407 e. The van der Waals surface area contributed by atoms with Crippen LogP contribution in [0.3, 0.4) is 0 Å². The molecule has 1 aromatic heterocycles. The van der Waals surface area contributed by atoms with Crippen molar-refractivity contribution in [2.75, 3.05) is 0 Å². The van der Waals surface area contributed by atoms with E-state index in [0.717, 1.165) is 17.8 Å². The lowest BCUT2D eigenvalue weighted by Crippen LogP contribution is -2.57. The van der Waals surface area contributed by atoms with Crippen molar-refractivity contribution < 1.29 is 9.53 Å². The smallest absolute Gasteiger partial charge is 0.407 e. The number of alkyl carbamates (subject to hydrolysis) is 1. The number of nitrogens with one attached hydrogen (secondary N) is 2. The van der Waals surface area contributed by atoms with E-state index in [1.165, 1.54) is 6.33 Å². The molecule has 6 nitrogen and oxygen atoms in total. The predicted molar refractivity (Wildman–Crippen MR) is 81.1 cm³/mol. The molecule has 0 spiro atoms. The molecule has 0 unspecified atom stereocenters. The third-order valence-electron chi connectivity index (χ3n) is 4.54. The van der Waals surface area contributed by atoms with Gasteiger partial charge in [-0.2, -0.15) is 5.10 Å². The number of nitrogens with zero attached hydrogens (tertiary/aromatic N) is 2. The van der Waals surface area contributed by atoms with Crippen LogP contribution in [-0.2, 0) is 11.3 Å². The average Bonchev–Trinajstić information content (AvgIpc) is 3.03. The predicted octanol–water partition coefficient (Wildman–Crippen LogP) is 2.61. The van der Waals surface area contributed by atoms with E-state index in [0.29, 0.717) is 0 Å². The van der Waals surface area contributed by atoms with Gasteiger partial charge in [0.15, 0.2) is 0 Å². The second-order valence-corrected chi connectivity index (χ2v) is 6.24. The summed E-state index contributed by atoms with van der Waals surface area (Å²) in [6, 6.07) is 9.72. The van der Waals surface area contributed by atoms with Crippen molar-refractivity contribution in [2.45, 2.75) is 38.8 Å². The zero-order chi connectivity index (χ0) is 15.6. The minimum atomic E-state index is -0.377. The molecule has 0 saturated heterocycles. The number of hydrogen-bond donors (Lipinski definition) is 2. The molecule has 116 valence electrons. The van der Waals surface area contributed by atoms with Crippen LogP contribution in [0.25, 0.3) is 0 Å². The van der Waals surface area contributed by atoms with Crippen molar-refractivity contribution in [3.8, 4) is 0 Å². The van der Waals surface area contributed by atoms with Gasteiger partial charge < -0.3 is 10.1 Å². The van der Waals surface area contributed by atoms with Crippen LogP contribution in [-0.4, -0.2) is 27.3 Å². The van der Waals surface area contributed by atoms with Crippen LogP contribution >= 0.6 is 0 Å². The summed E-state index contributed by atoms with van der Waals surface area (Å²) in [5.74, 6) is 1.15. The fourth-order valence-electron chi connectivity index (χ4n) is 2.92. The van der Waals surface area contributed by atoms with E-state index in [2.05, 4.69) is 34.3 Å². The molecule has 2 N–H and O–H groups in total. The number of rotatable bonds is 4. The van der Waals surface area contributed by atoms with Crippen LogP contribution in [0.2, 0.25) is 0 Å². The van der Waals surface area contributed by atoms with Gasteiger partial charge in [-0.15, -0.1) is 0 Å². The molecule has 0 bridgehead atoms. The molecule has 1 heterocycles. The van der Waals surface area contributed by atoms with E-state index < -0.39 is 0 Å². The number of carbonyl (C=O) groups excluding carboxylic acids is 1. The fourth-order valence-corrected chi connectivity index (χ4v) is 2.92. The molecule has 0 aliphatic heterocycles. The van der Waals surface area contributed by atoms with Gasteiger partial charge in [0.1, 0.15) is 18.8 Å². The topological polar surface area (TPSA) is 79.9 Å². The van der Waals surface area contributed by atoms with Crippen LogP contribution in [0.1, 0.15) is 37.6 Å². The van der Waals surface area contributed by atoms with Crippen LogP contribution in [0, 0.1) is 5.41 Å². The van der Waals surface area contributed by atoms with E-state index in [1.807, 2.05) is 30.3 Å². The number of H-pyrrole nitrogens is 1.